The third-order valence-corrected chi connectivity index (χ3v) is 3.99. The standard InChI is InChI=1S/C16H15N5O3/c1-3-12-18-13(24-20-12)9-21-14(22)16(2,19-15(21)23)11-6-4-10(8-17)5-7-11/h4-7H,3,9H2,1-2H3,(H,19,23). The van der Waals surface area contributed by atoms with Gasteiger partial charge in [-0.05, 0) is 24.6 Å². The van der Waals surface area contributed by atoms with Crippen molar-refractivity contribution in [2.45, 2.75) is 32.4 Å². The van der Waals surface area contributed by atoms with Crippen molar-refractivity contribution in [3.8, 4) is 6.07 Å². The number of aryl methyl sites for hydroxylation is 1. The van der Waals surface area contributed by atoms with Crippen LogP contribution < -0.4 is 5.32 Å². The smallest absolute Gasteiger partial charge is 0.325 e. The number of benzene rings is 1. The molecule has 1 atom stereocenters. The van der Waals surface area contributed by atoms with Crippen LogP contribution in [0.2, 0.25) is 0 Å². The Kier molecular flexibility index (Phi) is 3.77. The van der Waals surface area contributed by atoms with Gasteiger partial charge in [-0.15, -0.1) is 0 Å². The Bertz CT molecular complexity index is 836. The number of nitriles is 1. The summed E-state index contributed by atoms with van der Waals surface area (Å²) in [5, 5.41) is 15.3. The number of carbonyl (C=O) groups excluding carboxylic acids is 2. The van der Waals surface area contributed by atoms with Crippen LogP contribution in [0.4, 0.5) is 4.79 Å². The van der Waals surface area contributed by atoms with Gasteiger partial charge in [-0.2, -0.15) is 10.2 Å². The number of carbonyl (C=O) groups is 2. The monoisotopic (exact) mass is 325 g/mol. The van der Waals surface area contributed by atoms with E-state index in [0.717, 1.165) is 4.90 Å². The number of amides is 3. The molecular weight excluding hydrogens is 310 g/mol. The Morgan fingerprint density at radius 2 is 2.04 bits per heavy atom. The summed E-state index contributed by atoms with van der Waals surface area (Å²) in [7, 11) is 0. The van der Waals surface area contributed by atoms with E-state index in [0.29, 0.717) is 23.4 Å². The first-order valence-corrected chi connectivity index (χ1v) is 7.44. The summed E-state index contributed by atoms with van der Waals surface area (Å²) in [6, 6.07) is 8.01. The summed E-state index contributed by atoms with van der Waals surface area (Å²) in [5.41, 5.74) is -0.116. The summed E-state index contributed by atoms with van der Waals surface area (Å²) < 4.78 is 5.05. The molecule has 8 heteroatoms. The van der Waals surface area contributed by atoms with Crippen LogP contribution in [0.15, 0.2) is 28.8 Å². The molecule has 1 saturated heterocycles. The van der Waals surface area contributed by atoms with Crippen molar-refractivity contribution >= 4 is 11.9 Å². The van der Waals surface area contributed by atoms with Crippen molar-refractivity contribution in [2.24, 2.45) is 0 Å². The SMILES string of the molecule is CCc1noc(CN2C(=O)NC(C)(c3ccc(C#N)cc3)C2=O)n1. The number of nitrogens with zero attached hydrogens (tertiary/aromatic N) is 4. The van der Waals surface area contributed by atoms with Crippen molar-refractivity contribution in [1.29, 1.82) is 5.26 Å². The normalized spacial score (nSPS) is 20.1. The molecule has 24 heavy (non-hydrogen) atoms. The molecule has 122 valence electrons. The first-order chi connectivity index (χ1) is 11.5. The van der Waals surface area contributed by atoms with Crippen LogP contribution >= 0.6 is 0 Å². The molecule has 2 heterocycles. The van der Waals surface area contributed by atoms with Crippen molar-refractivity contribution < 1.29 is 14.1 Å². The molecule has 1 N–H and O–H groups in total. The van der Waals surface area contributed by atoms with Gasteiger partial charge in [0.25, 0.3) is 5.91 Å². The molecule has 0 radical (unpaired) electrons. The van der Waals surface area contributed by atoms with E-state index in [1.807, 2.05) is 13.0 Å². The third kappa shape index (κ3) is 2.50. The predicted molar refractivity (Wildman–Crippen MR) is 81.3 cm³/mol. The van der Waals surface area contributed by atoms with Crippen LogP contribution in [0.25, 0.3) is 0 Å². The first kappa shape index (κ1) is 15.7. The summed E-state index contributed by atoms with van der Waals surface area (Å²) >= 11 is 0. The van der Waals surface area contributed by atoms with Crippen LogP contribution in [-0.2, 0) is 23.3 Å². The highest BCUT2D eigenvalue weighted by atomic mass is 16.5. The maximum atomic E-state index is 12.8. The molecule has 0 bridgehead atoms. The lowest BCUT2D eigenvalue weighted by atomic mass is 9.91. The fourth-order valence-electron chi connectivity index (χ4n) is 2.55. The predicted octanol–water partition coefficient (Wildman–Crippen LogP) is 1.47. The van der Waals surface area contributed by atoms with E-state index >= 15 is 0 Å². The van der Waals surface area contributed by atoms with Gasteiger partial charge >= 0.3 is 6.03 Å². The number of nitrogens with one attached hydrogen (secondary N) is 1. The van der Waals surface area contributed by atoms with Gasteiger partial charge in [0, 0.05) is 6.42 Å². The number of hydrogen-bond donors (Lipinski definition) is 1. The van der Waals surface area contributed by atoms with Gasteiger partial charge < -0.3 is 9.84 Å². The zero-order chi connectivity index (χ0) is 17.3. The van der Waals surface area contributed by atoms with Crippen molar-refractivity contribution in [1.82, 2.24) is 20.4 Å². The fraction of sp³-hybridized carbons (Fsp3) is 0.312. The molecule has 1 aliphatic heterocycles. The summed E-state index contributed by atoms with van der Waals surface area (Å²) in [5.74, 6) is 0.319. The second kappa shape index (κ2) is 5.77. The Morgan fingerprint density at radius 3 is 2.62 bits per heavy atom. The minimum absolute atomic E-state index is 0.0798. The molecule has 2 aromatic rings. The molecular formula is C16H15N5O3. The minimum atomic E-state index is -1.20. The lowest BCUT2D eigenvalue weighted by Crippen LogP contribution is -2.40. The van der Waals surface area contributed by atoms with E-state index in [9.17, 15) is 9.59 Å². The highest BCUT2D eigenvalue weighted by Crippen LogP contribution is 2.29. The molecule has 8 nitrogen and oxygen atoms in total. The second-order valence-electron chi connectivity index (χ2n) is 5.59. The molecule has 0 saturated carbocycles. The Morgan fingerprint density at radius 1 is 1.33 bits per heavy atom. The number of rotatable bonds is 4. The topological polar surface area (TPSA) is 112 Å². The number of aromatic nitrogens is 2. The summed E-state index contributed by atoms with van der Waals surface area (Å²) in [4.78, 5) is 30.2. The maximum Gasteiger partial charge on any atom is 0.325 e. The largest absolute Gasteiger partial charge is 0.337 e. The molecule has 0 aliphatic carbocycles. The number of urea groups is 1. The molecule has 3 amide bonds. The van der Waals surface area contributed by atoms with E-state index in [1.54, 1.807) is 31.2 Å². The van der Waals surface area contributed by atoms with Gasteiger partial charge in [0.2, 0.25) is 5.89 Å². The first-order valence-electron chi connectivity index (χ1n) is 7.44. The molecule has 1 unspecified atom stereocenters. The highest BCUT2D eigenvalue weighted by Gasteiger charge is 2.49. The van der Waals surface area contributed by atoms with Gasteiger partial charge in [0.1, 0.15) is 12.1 Å². The Labute approximate surface area is 138 Å². The van der Waals surface area contributed by atoms with Crippen molar-refractivity contribution in [3.05, 3.63) is 47.1 Å². The van der Waals surface area contributed by atoms with Gasteiger partial charge in [-0.25, -0.2) is 4.79 Å². The molecule has 1 aromatic carbocycles. The van der Waals surface area contributed by atoms with E-state index in [2.05, 4.69) is 15.5 Å². The zero-order valence-corrected chi connectivity index (χ0v) is 13.2. The quantitative estimate of drug-likeness (QED) is 0.852. The van der Waals surface area contributed by atoms with Crippen LogP contribution in [0.5, 0.6) is 0 Å². The third-order valence-electron chi connectivity index (χ3n) is 3.99. The molecule has 1 fully saturated rings. The van der Waals surface area contributed by atoms with Gasteiger partial charge in [0.15, 0.2) is 5.82 Å². The van der Waals surface area contributed by atoms with Gasteiger partial charge in [-0.1, -0.05) is 24.2 Å². The summed E-state index contributed by atoms with van der Waals surface area (Å²) in [6.45, 7) is 3.42. The number of imide groups is 1. The second-order valence-corrected chi connectivity index (χ2v) is 5.59. The van der Waals surface area contributed by atoms with Crippen molar-refractivity contribution in [3.63, 3.8) is 0 Å². The van der Waals surface area contributed by atoms with Gasteiger partial charge in [0.05, 0.1) is 11.6 Å². The number of hydrogen-bond acceptors (Lipinski definition) is 6. The molecule has 1 aromatic heterocycles. The van der Waals surface area contributed by atoms with E-state index < -0.39 is 17.5 Å². The van der Waals surface area contributed by atoms with Crippen molar-refractivity contribution in [2.75, 3.05) is 0 Å². The highest BCUT2D eigenvalue weighted by molar-refractivity contribution is 6.07. The Hall–Kier alpha value is -3.21. The van der Waals surface area contributed by atoms with Gasteiger partial charge in [-0.3, -0.25) is 9.69 Å². The van der Waals surface area contributed by atoms with Crippen LogP contribution in [0, 0.1) is 11.3 Å². The Balaban J connectivity index is 1.85. The molecule has 3 rings (SSSR count). The zero-order valence-electron chi connectivity index (χ0n) is 13.2. The molecule has 1 aliphatic rings. The average Bonchev–Trinajstić information content (AvgIpc) is 3.14. The average molecular weight is 325 g/mol. The van der Waals surface area contributed by atoms with Crippen LogP contribution in [0.3, 0.4) is 0 Å². The fourth-order valence-corrected chi connectivity index (χ4v) is 2.55. The lowest BCUT2D eigenvalue weighted by Gasteiger charge is -2.21. The van der Waals surface area contributed by atoms with Crippen LogP contribution in [-0.4, -0.2) is 27.0 Å². The minimum Gasteiger partial charge on any atom is -0.337 e. The summed E-state index contributed by atoms with van der Waals surface area (Å²) in [6.07, 6.45) is 0.604. The lowest BCUT2D eigenvalue weighted by molar-refractivity contribution is -0.131. The van der Waals surface area contributed by atoms with E-state index in [4.69, 9.17) is 9.78 Å². The molecule has 0 spiro atoms. The maximum absolute atomic E-state index is 12.8. The van der Waals surface area contributed by atoms with E-state index in [1.165, 1.54) is 0 Å². The van der Waals surface area contributed by atoms with Crippen LogP contribution in [0.1, 0.15) is 36.7 Å². The van der Waals surface area contributed by atoms with E-state index in [-0.39, 0.29) is 12.4 Å².